The molecule has 16 heavy (non-hydrogen) atoms. The zero-order valence-corrected chi connectivity index (χ0v) is 10.2. The van der Waals surface area contributed by atoms with E-state index < -0.39 is 0 Å². The first kappa shape index (κ1) is 13.2. The van der Waals surface area contributed by atoms with Gasteiger partial charge in [0, 0.05) is 12.2 Å². The number of hydrogen-bond donors (Lipinski definition) is 1. The van der Waals surface area contributed by atoms with Crippen LogP contribution >= 0.6 is 0 Å². The maximum atomic E-state index is 11.4. The minimum Gasteiger partial charge on any atom is -0.462 e. The van der Waals surface area contributed by atoms with E-state index in [2.05, 4.69) is 0 Å². The van der Waals surface area contributed by atoms with Gasteiger partial charge in [0.2, 0.25) is 0 Å². The lowest BCUT2D eigenvalue weighted by Crippen LogP contribution is -2.22. The maximum absolute atomic E-state index is 11.4. The predicted octanol–water partition coefficient (Wildman–Crippen LogP) is 2.29. The highest BCUT2D eigenvalue weighted by atomic mass is 16.5. The minimum absolute atomic E-state index is 0.202. The molecule has 0 heterocycles. The lowest BCUT2D eigenvalue weighted by atomic mass is 9.83. The summed E-state index contributed by atoms with van der Waals surface area (Å²) in [7, 11) is 0. The Morgan fingerprint density at radius 1 is 1.31 bits per heavy atom. The van der Waals surface area contributed by atoms with Crippen LogP contribution in [0, 0.1) is 11.8 Å². The zero-order valence-electron chi connectivity index (χ0n) is 10.2. The molecule has 0 saturated heterocycles. The van der Waals surface area contributed by atoms with E-state index in [9.17, 15) is 4.79 Å². The highest BCUT2D eigenvalue weighted by Gasteiger charge is 2.21. The number of ether oxygens (including phenoxy) is 1. The molecule has 92 valence electrons. The summed E-state index contributed by atoms with van der Waals surface area (Å²) in [4.78, 5) is 11.4. The molecule has 0 aromatic rings. The van der Waals surface area contributed by atoms with Crippen molar-refractivity contribution in [2.45, 2.75) is 39.5 Å². The van der Waals surface area contributed by atoms with Crippen LogP contribution < -0.4 is 0 Å². The van der Waals surface area contributed by atoms with Gasteiger partial charge < -0.3 is 9.84 Å². The molecular weight excluding hydrogens is 204 g/mol. The van der Waals surface area contributed by atoms with Crippen LogP contribution in [0.1, 0.15) is 39.5 Å². The Hall–Kier alpha value is -0.830. The van der Waals surface area contributed by atoms with Crippen molar-refractivity contribution in [2.75, 3.05) is 13.2 Å². The fourth-order valence-electron chi connectivity index (χ4n) is 2.01. The van der Waals surface area contributed by atoms with Crippen LogP contribution in [0.5, 0.6) is 0 Å². The lowest BCUT2D eigenvalue weighted by molar-refractivity contribution is -0.140. The van der Waals surface area contributed by atoms with Crippen molar-refractivity contribution in [3.8, 4) is 0 Å². The number of carbonyl (C=O) groups is 1. The van der Waals surface area contributed by atoms with Gasteiger partial charge in [0.15, 0.2) is 0 Å². The van der Waals surface area contributed by atoms with Gasteiger partial charge in [-0.15, -0.1) is 0 Å². The smallest absolute Gasteiger partial charge is 0.333 e. The standard InChI is InChI=1S/C13H22O3/c1-3-10(2)13(15)16-9-12-6-4-11(8-14)5-7-12/h3,11-12,14H,4-9H2,1-2H3. The third-order valence-electron chi connectivity index (χ3n) is 3.43. The van der Waals surface area contributed by atoms with Gasteiger partial charge >= 0.3 is 5.97 Å². The molecule has 3 heteroatoms. The van der Waals surface area contributed by atoms with E-state index in [1.165, 1.54) is 0 Å². The van der Waals surface area contributed by atoms with Crippen molar-refractivity contribution < 1.29 is 14.6 Å². The van der Waals surface area contributed by atoms with E-state index in [4.69, 9.17) is 9.84 Å². The molecule has 0 spiro atoms. The zero-order chi connectivity index (χ0) is 12.0. The van der Waals surface area contributed by atoms with E-state index in [1.54, 1.807) is 13.0 Å². The van der Waals surface area contributed by atoms with Gasteiger partial charge in [0.05, 0.1) is 6.61 Å². The van der Waals surface area contributed by atoms with Gasteiger partial charge in [0.1, 0.15) is 0 Å². The van der Waals surface area contributed by atoms with Crippen molar-refractivity contribution in [1.82, 2.24) is 0 Å². The Bertz CT molecular complexity index is 250. The Balaban J connectivity index is 2.22. The van der Waals surface area contributed by atoms with Gasteiger partial charge in [-0.1, -0.05) is 6.08 Å². The quantitative estimate of drug-likeness (QED) is 0.591. The van der Waals surface area contributed by atoms with Gasteiger partial charge in [-0.3, -0.25) is 0 Å². The second-order valence-corrected chi connectivity index (χ2v) is 4.64. The number of carbonyl (C=O) groups excluding carboxylic acids is 1. The molecule has 0 aromatic heterocycles. The average molecular weight is 226 g/mol. The third-order valence-corrected chi connectivity index (χ3v) is 3.43. The normalized spacial score (nSPS) is 26.6. The Kier molecular flexibility index (Phi) is 5.53. The molecule has 1 N–H and O–H groups in total. The van der Waals surface area contributed by atoms with Crippen LogP contribution in [-0.2, 0) is 9.53 Å². The van der Waals surface area contributed by atoms with Crippen LogP contribution in [0.4, 0.5) is 0 Å². The third kappa shape index (κ3) is 3.97. The first-order chi connectivity index (χ1) is 7.67. The van der Waals surface area contributed by atoms with E-state index in [0.717, 1.165) is 25.7 Å². The van der Waals surface area contributed by atoms with Crippen LogP contribution in [0.3, 0.4) is 0 Å². The van der Waals surface area contributed by atoms with Crippen LogP contribution in [0.15, 0.2) is 11.6 Å². The summed E-state index contributed by atoms with van der Waals surface area (Å²) in [5.41, 5.74) is 0.670. The summed E-state index contributed by atoms with van der Waals surface area (Å²) in [6.07, 6.45) is 6.01. The molecule has 3 nitrogen and oxygen atoms in total. The first-order valence-electron chi connectivity index (χ1n) is 6.08. The van der Waals surface area contributed by atoms with Crippen LogP contribution in [0.2, 0.25) is 0 Å². The molecule has 1 aliphatic rings. The molecule has 0 unspecified atom stereocenters. The van der Waals surface area contributed by atoms with Gasteiger partial charge in [-0.25, -0.2) is 4.79 Å². The van der Waals surface area contributed by atoms with Crippen LogP contribution in [-0.4, -0.2) is 24.3 Å². The van der Waals surface area contributed by atoms with Crippen LogP contribution in [0.25, 0.3) is 0 Å². The minimum atomic E-state index is -0.202. The number of hydrogen-bond acceptors (Lipinski definition) is 3. The molecule has 0 aromatic carbocycles. The number of aliphatic hydroxyl groups excluding tert-OH is 1. The topological polar surface area (TPSA) is 46.5 Å². The number of allylic oxidation sites excluding steroid dienone is 1. The Morgan fingerprint density at radius 3 is 2.38 bits per heavy atom. The molecule has 1 rings (SSSR count). The average Bonchev–Trinajstić information content (AvgIpc) is 2.35. The monoisotopic (exact) mass is 226 g/mol. The van der Waals surface area contributed by atoms with E-state index >= 15 is 0 Å². The molecule has 0 radical (unpaired) electrons. The lowest BCUT2D eigenvalue weighted by Gasteiger charge is -2.26. The second kappa shape index (κ2) is 6.69. The van der Waals surface area contributed by atoms with Crippen molar-refractivity contribution in [2.24, 2.45) is 11.8 Å². The second-order valence-electron chi connectivity index (χ2n) is 4.64. The molecule has 1 fully saturated rings. The largest absolute Gasteiger partial charge is 0.462 e. The summed E-state index contributed by atoms with van der Waals surface area (Å²) < 4.78 is 5.23. The highest BCUT2D eigenvalue weighted by molar-refractivity contribution is 5.87. The van der Waals surface area contributed by atoms with Gasteiger partial charge in [-0.2, -0.15) is 0 Å². The Labute approximate surface area is 97.5 Å². The fraction of sp³-hybridized carbons (Fsp3) is 0.769. The molecule has 1 aliphatic carbocycles. The van der Waals surface area contributed by atoms with E-state index in [0.29, 0.717) is 30.6 Å². The summed E-state index contributed by atoms with van der Waals surface area (Å²) in [5.74, 6) is 0.743. The number of rotatable bonds is 4. The number of aliphatic hydroxyl groups is 1. The van der Waals surface area contributed by atoms with Gasteiger partial charge in [0.25, 0.3) is 0 Å². The van der Waals surface area contributed by atoms with E-state index in [1.807, 2.05) is 6.92 Å². The van der Waals surface area contributed by atoms with Crippen molar-refractivity contribution in [1.29, 1.82) is 0 Å². The molecule has 0 aliphatic heterocycles. The molecule has 0 atom stereocenters. The fourth-order valence-corrected chi connectivity index (χ4v) is 2.01. The van der Waals surface area contributed by atoms with Gasteiger partial charge in [-0.05, 0) is 51.4 Å². The summed E-state index contributed by atoms with van der Waals surface area (Å²) in [6.45, 7) is 4.43. The molecule has 1 saturated carbocycles. The first-order valence-corrected chi connectivity index (χ1v) is 6.08. The molecule has 0 bridgehead atoms. The molecular formula is C13H22O3. The van der Waals surface area contributed by atoms with Crippen molar-refractivity contribution >= 4 is 5.97 Å². The highest BCUT2D eigenvalue weighted by Crippen LogP contribution is 2.28. The maximum Gasteiger partial charge on any atom is 0.333 e. The summed E-state index contributed by atoms with van der Waals surface area (Å²) in [5, 5.41) is 9.01. The summed E-state index contributed by atoms with van der Waals surface area (Å²) >= 11 is 0. The van der Waals surface area contributed by atoms with Crippen molar-refractivity contribution in [3.05, 3.63) is 11.6 Å². The predicted molar refractivity (Wildman–Crippen MR) is 62.9 cm³/mol. The number of esters is 1. The summed E-state index contributed by atoms with van der Waals surface area (Å²) in [6, 6.07) is 0. The van der Waals surface area contributed by atoms with Crippen molar-refractivity contribution in [3.63, 3.8) is 0 Å². The van der Waals surface area contributed by atoms with E-state index in [-0.39, 0.29) is 5.97 Å². The SMILES string of the molecule is CC=C(C)C(=O)OCC1CCC(CO)CC1. The molecule has 0 amide bonds. The Morgan fingerprint density at radius 2 is 1.88 bits per heavy atom.